The van der Waals surface area contributed by atoms with Crippen LogP contribution in [0.5, 0.6) is 11.5 Å². The molecule has 0 N–H and O–H groups in total. The molecular weight excluding hydrogens is 479 g/mol. The van der Waals surface area contributed by atoms with Gasteiger partial charge in [0.1, 0.15) is 0 Å². The van der Waals surface area contributed by atoms with Crippen molar-refractivity contribution in [1.29, 1.82) is 0 Å². The van der Waals surface area contributed by atoms with Gasteiger partial charge in [0.15, 0.2) is 11.5 Å². The highest BCUT2D eigenvalue weighted by Crippen LogP contribution is 2.33. The molecule has 0 aliphatic carbocycles. The van der Waals surface area contributed by atoms with Crippen molar-refractivity contribution in [1.82, 2.24) is 24.5 Å². The number of benzene rings is 2. The molecule has 0 unspecified atom stereocenters. The van der Waals surface area contributed by atoms with Crippen LogP contribution in [0.15, 0.2) is 48.7 Å². The molecule has 172 valence electrons. The quantitative estimate of drug-likeness (QED) is 0.426. The average molecular weight is 497 g/mol. The fourth-order valence-electron chi connectivity index (χ4n) is 4.14. The third-order valence-electron chi connectivity index (χ3n) is 5.90. The van der Waals surface area contributed by atoms with E-state index in [-0.39, 0.29) is 12.7 Å². The molecule has 11 heteroatoms. The van der Waals surface area contributed by atoms with E-state index in [2.05, 4.69) is 15.1 Å². The van der Waals surface area contributed by atoms with Gasteiger partial charge in [-0.25, -0.2) is 4.98 Å². The Morgan fingerprint density at radius 2 is 1.76 bits per heavy atom. The number of carbonyl (C=O) groups is 1. The lowest BCUT2D eigenvalue weighted by Crippen LogP contribution is -2.49. The summed E-state index contributed by atoms with van der Waals surface area (Å²) in [6, 6.07) is 12.4. The van der Waals surface area contributed by atoms with Gasteiger partial charge in [0.2, 0.25) is 12.7 Å². The molecule has 2 aromatic carbocycles. The second-order valence-corrected chi connectivity index (χ2v) is 8.77. The highest BCUT2D eigenvalue weighted by molar-refractivity contribution is 6.35. The Morgan fingerprint density at radius 1 is 0.941 bits per heavy atom. The Kier molecular flexibility index (Phi) is 5.15. The molecule has 2 aromatic heterocycles. The fourth-order valence-corrected chi connectivity index (χ4v) is 4.52. The summed E-state index contributed by atoms with van der Waals surface area (Å²) in [7, 11) is 0. The maximum atomic E-state index is 13.0. The van der Waals surface area contributed by atoms with E-state index >= 15 is 0 Å². The normalized spacial score (nSPS) is 15.2. The van der Waals surface area contributed by atoms with Crippen LogP contribution in [0.3, 0.4) is 0 Å². The van der Waals surface area contributed by atoms with E-state index < -0.39 is 0 Å². The number of hydrogen-bond acceptors (Lipinski definition) is 7. The van der Waals surface area contributed by atoms with Gasteiger partial charge in [-0.05, 0) is 42.5 Å². The molecule has 2 aliphatic rings. The Hall–Kier alpha value is -3.56. The van der Waals surface area contributed by atoms with Crippen molar-refractivity contribution >= 4 is 40.8 Å². The molecule has 1 fully saturated rings. The van der Waals surface area contributed by atoms with Gasteiger partial charge in [-0.3, -0.25) is 4.79 Å². The number of nitrogens with zero attached hydrogens (tertiary/aromatic N) is 6. The fraction of sp³-hybridized carbons (Fsp3) is 0.217. The number of anilines is 1. The van der Waals surface area contributed by atoms with Gasteiger partial charge >= 0.3 is 0 Å². The third-order valence-corrected chi connectivity index (χ3v) is 6.47. The zero-order valence-corrected chi connectivity index (χ0v) is 19.3. The summed E-state index contributed by atoms with van der Waals surface area (Å²) in [6.45, 7) is 2.46. The van der Waals surface area contributed by atoms with Crippen molar-refractivity contribution in [3.63, 3.8) is 0 Å². The zero-order valence-electron chi connectivity index (χ0n) is 17.8. The van der Waals surface area contributed by atoms with Gasteiger partial charge in [-0.1, -0.05) is 23.2 Å². The predicted molar refractivity (Wildman–Crippen MR) is 127 cm³/mol. The van der Waals surface area contributed by atoms with Crippen LogP contribution in [0.4, 0.5) is 5.95 Å². The molecule has 1 amide bonds. The van der Waals surface area contributed by atoms with Crippen LogP contribution >= 0.6 is 23.2 Å². The van der Waals surface area contributed by atoms with Crippen LogP contribution in [0.25, 0.3) is 17.0 Å². The number of fused-ring (bicyclic) bond motifs is 2. The minimum absolute atomic E-state index is 0.0412. The highest BCUT2D eigenvalue weighted by atomic mass is 35.5. The van der Waals surface area contributed by atoms with Gasteiger partial charge in [-0.2, -0.15) is 9.50 Å². The largest absolute Gasteiger partial charge is 0.454 e. The van der Waals surface area contributed by atoms with Crippen LogP contribution in [-0.4, -0.2) is 63.4 Å². The molecule has 0 bridgehead atoms. The van der Waals surface area contributed by atoms with E-state index in [4.69, 9.17) is 32.7 Å². The van der Waals surface area contributed by atoms with E-state index in [0.717, 1.165) is 11.3 Å². The van der Waals surface area contributed by atoms with Crippen LogP contribution in [0.2, 0.25) is 10.0 Å². The lowest BCUT2D eigenvalue weighted by Gasteiger charge is -2.34. The van der Waals surface area contributed by atoms with Crippen molar-refractivity contribution in [2.24, 2.45) is 0 Å². The maximum Gasteiger partial charge on any atom is 0.254 e. The number of halogens is 2. The Bertz CT molecular complexity index is 1420. The highest BCUT2D eigenvalue weighted by Gasteiger charge is 2.26. The van der Waals surface area contributed by atoms with Crippen LogP contribution < -0.4 is 14.4 Å². The predicted octanol–water partition coefficient (Wildman–Crippen LogP) is 3.79. The lowest BCUT2D eigenvalue weighted by atomic mass is 10.1. The van der Waals surface area contributed by atoms with E-state index in [1.807, 2.05) is 15.9 Å². The number of aromatic nitrogens is 4. The second-order valence-electron chi connectivity index (χ2n) is 7.93. The monoisotopic (exact) mass is 496 g/mol. The smallest absolute Gasteiger partial charge is 0.254 e. The first-order chi connectivity index (χ1) is 16.6. The second kappa shape index (κ2) is 8.34. The van der Waals surface area contributed by atoms with Crippen LogP contribution in [0.1, 0.15) is 10.4 Å². The zero-order chi connectivity index (χ0) is 23.2. The summed E-state index contributed by atoms with van der Waals surface area (Å²) in [4.78, 5) is 25.8. The van der Waals surface area contributed by atoms with Crippen molar-refractivity contribution in [3.05, 3.63) is 64.3 Å². The maximum absolute atomic E-state index is 13.0. The van der Waals surface area contributed by atoms with Gasteiger partial charge < -0.3 is 19.3 Å². The number of amides is 1. The summed E-state index contributed by atoms with van der Waals surface area (Å²) in [5.74, 6) is 2.23. The first-order valence-electron chi connectivity index (χ1n) is 10.7. The van der Waals surface area contributed by atoms with Crippen LogP contribution in [0, 0.1) is 0 Å². The summed E-state index contributed by atoms with van der Waals surface area (Å²) in [5.41, 5.74) is 2.07. The van der Waals surface area contributed by atoms with Gasteiger partial charge in [0.25, 0.3) is 11.7 Å². The minimum Gasteiger partial charge on any atom is -0.454 e. The van der Waals surface area contributed by atoms with Crippen molar-refractivity contribution in [3.8, 4) is 22.8 Å². The molecule has 4 heterocycles. The Balaban J connectivity index is 1.21. The van der Waals surface area contributed by atoms with Gasteiger partial charge in [0, 0.05) is 48.5 Å². The van der Waals surface area contributed by atoms with E-state index in [1.165, 1.54) is 0 Å². The number of ether oxygens (including phenoxy) is 2. The molecule has 34 heavy (non-hydrogen) atoms. The number of rotatable bonds is 3. The number of carbonyl (C=O) groups excluding carboxylic acids is 1. The topological polar surface area (TPSA) is 85.1 Å². The van der Waals surface area contributed by atoms with Crippen molar-refractivity contribution < 1.29 is 14.3 Å². The first kappa shape index (κ1) is 21.0. The molecule has 2 aliphatic heterocycles. The average Bonchev–Trinajstić information content (AvgIpc) is 3.51. The molecular formula is C23H18Cl2N6O3. The van der Waals surface area contributed by atoms with Crippen molar-refractivity contribution in [2.45, 2.75) is 0 Å². The first-order valence-corrected chi connectivity index (χ1v) is 11.4. The lowest BCUT2D eigenvalue weighted by molar-refractivity contribution is 0.0746. The van der Waals surface area contributed by atoms with E-state index in [0.29, 0.717) is 65.0 Å². The molecule has 1 saturated heterocycles. The summed E-state index contributed by atoms with van der Waals surface area (Å²) in [6.07, 6.45) is 1.67. The minimum atomic E-state index is -0.0412. The summed E-state index contributed by atoms with van der Waals surface area (Å²) < 4.78 is 12.4. The van der Waals surface area contributed by atoms with E-state index in [9.17, 15) is 4.79 Å². The molecule has 4 aromatic rings. The molecule has 0 radical (unpaired) electrons. The molecule has 0 saturated carbocycles. The van der Waals surface area contributed by atoms with Gasteiger partial charge in [0.05, 0.1) is 10.7 Å². The number of piperazine rings is 1. The van der Waals surface area contributed by atoms with Crippen molar-refractivity contribution in [2.75, 3.05) is 37.9 Å². The van der Waals surface area contributed by atoms with E-state index in [1.54, 1.807) is 47.1 Å². The Labute approximate surface area is 204 Å². The van der Waals surface area contributed by atoms with Crippen LogP contribution in [-0.2, 0) is 0 Å². The third kappa shape index (κ3) is 3.66. The molecule has 0 atom stereocenters. The molecule has 0 spiro atoms. The summed E-state index contributed by atoms with van der Waals surface area (Å²) in [5, 5.41) is 5.82. The SMILES string of the molecule is O=C(c1ccc2c(c1)OCO2)N1CCN(c2nc3nccc(-c4cc(Cl)ccc4Cl)n3n2)CC1. The molecule has 6 rings (SSSR count). The molecule has 9 nitrogen and oxygen atoms in total. The van der Waals surface area contributed by atoms with Gasteiger partial charge in [-0.15, -0.1) is 5.10 Å². The standard InChI is InChI=1S/C23H18Cl2N6O3/c24-15-2-3-17(25)16(12-15)18-5-6-26-22-27-23(28-31(18)22)30-9-7-29(8-10-30)21(32)14-1-4-19-20(11-14)34-13-33-19/h1-6,11-12H,7-10,13H2. The number of hydrogen-bond donors (Lipinski definition) is 0. The summed E-state index contributed by atoms with van der Waals surface area (Å²) >= 11 is 12.6. The Morgan fingerprint density at radius 3 is 2.62 bits per heavy atom.